The largest absolute Gasteiger partial charge is 0.298 e. The Morgan fingerprint density at radius 3 is 1.45 bits per heavy atom. The maximum absolute atomic E-state index is 10.9. The second-order valence-electron chi connectivity index (χ2n) is 5.23. The molecule has 0 amide bonds. The SMILES string of the molecule is CS(c1ccccc1)(c1ccccc1)c1ccc(C=O)cc1. The number of carbonyl (C=O) groups is 1. The van der Waals surface area contributed by atoms with Gasteiger partial charge in [0.15, 0.2) is 0 Å². The Morgan fingerprint density at radius 2 is 1.05 bits per heavy atom. The molecule has 0 aliphatic rings. The second-order valence-corrected chi connectivity index (χ2v) is 8.48. The van der Waals surface area contributed by atoms with Crippen LogP contribution in [0.5, 0.6) is 0 Å². The van der Waals surface area contributed by atoms with Crippen molar-refractivity contribution in [3.8, 4) is 0 Å². The van der Waals surface area contributed by atoms with Crippen LogP contribution in [0, 0.1) is 0 Å². The Hall–Kier alpha value is -2.32. The van der Waals surface area contributed by atoms with Crippen molar-refractivity contribution < 1.29 is 4.79 Å². The lowest BCUT2D eigenvalue weighted by Crippen LogP contribution is -2.01. The predicted molar refractivity (Wildman–Crippen MR) is 93.0 cm³/mol. The van der Waals surface area contributed by atoms with Gasteiger partial charge in [0.2, 0.25) is 0 Å². The summed E-state index contributed by atoms with van der Waals surface area (Å²) < 4.78 is 0. The Bertz CT molecular complexity index is 709. The zero-order valence-electron chi connectivity index (χ0n) is 12.5. The van der Waals surface area contributed by atoms with Crippen LogP contribution < -0.4 is 0 Å². The van der Waals surface area contributed by atoms with Gasteiger partial charge in [-0.2, -0.15) is 10.0 Å². The summed E-state index contributed by atoms with van der Waals surface area (Å²) in [5, 5.41) is 0. The third-order valence-corrected chi connectivity index (χ3v) is 7.56. The summed E-state index contributed by atoms with van der Waals surface area (Å²) in [5.41, 5.74) is 0.714. The number of hydrogen-bond acceptors (Lipinski definition) is 1. The molecule has 2 heteroatoms. The number of rotatable bonds is 4. The van der Waals surface area contributed by atoms with Crippen LogP contribution in [0.3, 0.4) is 0 Å². The standard InChI is InChI=1S/C20H18OS/c1-22(18-8-4-2-5-9-18,19-10-6-3-7-11-19)20-14-12-17(16-21)13-15-20/h2-16H,1H3. The molecule has 0 saturated carbocycles. The Kier molecular flexibility index (Phi) is 4.12. The van der Waals surface area contributed by atoms with Crippen LogP contribution in [0.1, 0.15) is 10.4 Å². The third-order valence-electron chi connectivity index (χ3n) is 3.92. The lowest BCUT2D eigenvalue weighted by molar-refractivity contribution is 0.112. The lowest BCUT2D eigenvalue weighted by atomic mass is 10.2. The minimum atomic E-state index is -1.32. The highest BCUT2D eigenvalue weighted by atomic mass is 32.3. The van der Waals surface area contributed by atoms with Gasteiger partial charge < -0.3 is 0 Å². The van der Waals surface area contributed by atoms with E-state index in [2.05, 4.69) is 66.9 Å². The van der Waals surface area contributed by atoms with Gasteiger partial charge in [-0.05, 0) is 57.3 Å². The van der Waals surface area contributed by atoms with Gasteiger partial charge >= 0.3 is 0 Å². The van der Waals surface area contributed by atoms with Crippen molar-refractivity contribution in [1.29, 1.82) is 0 Å². The molecule has 0 saturated heterocycles. The average molecular weight is 306 g/mol. The fourth-order valence-corrected chi connectivity index (χ4v) is 5.51. The summed E-state index contributed by atoms with van der Waals surface area (Å²) in [6.45, 7) is 0. The predicted octanol–water partition coefficient (Wildman–Crippen LogP) is 5.41. The molecule has 3 aromatic rings. The molecule has 0 bridgehead atoms. The quantitative estimate of drug-likeness (QED) is 0.589. The molecule has 0 aliphatic carbocycles. The molecule has 0 aliphatic heterocycles. The molecule has 22 heavy (non-hydrogen) atoms. The first-order valence-electron chi connectivity index (χ1n) is 7.19. The lowest BCUT2D eigenvalue weighted by Gasteiger charge is -2.37. The Labute approximate surface area is 132 Å². The van der Waals surface area contributed by atoms with Crippen LogP contribution in [0.4, 0.5) is 0 Å². The van der Waals surface area contributed by atoms with Gasteiger partial charge in [0.1, 0.15) is 6.29 Å². The van der Waals surface area contributed by atoms with Gasteiger partial charge in [0.25, 0.3) is 0 Å². The van der Waals surface area contributed by atoms with Gasteiger partial charge in [-0.25, -0.2) is 0 Å². The minimum Gasteiger partial charge on any atom is -0.298 e. The van der Waals surface area contributed by atoms with Crippen molar-refractivity contribution in [1.82, 2.24) is 0 Å². The zero-order valence-corrected chi connectivity index (χ0v) is 13.3. The summed E-state index contributed by atoms with van der Waals surface area (Å²) in [5.74, 6) is 0. The number of carbonyl (C=O) groups excluding carboxylic acids is 1. The molecule has 110 valence electrons. The molecule has 3 aromatic carbocycles. The normalized spacial score (nSPS) is 11.9. The molecule has 0 unspecified atom stereocenters. The molecule has 1 nitrogen and oxygen atoms in total. The zero-order chi connectivity index (χ0) is 15.4. The van der Waals surface area contributed by atoms with Crippen molar-refractivity contribution in [3.05, 3.63) is 90.5 Å². The smallest absolute Gasteiger partial charge is 0.150 e. The van der Waals surface area contributed by atoms with E-state index in [-0.39, 0.29) is 0 Å². The first-order chi connectivity index (χ1) is 10.7. The fraction of sp³-hybridized carbons (Fsp3) is 0.0500. The maximum atomic E-state index is 10.9. The molecule has 0 heterocycles. The number of hydrogen-bond donors (Lipinski definition) is 0. The van der Waals surface area contributed by atoms with Gasteiger partial charge in [0, 0.05) is 5.56 Å². The molecule has 0 aromatic heterocycles. The molecular weight excluding hydrogens is 288 g/mol. The van der Waals surface area contributed by atoms with Crippen LogP contribution in [-0.2, 0) is 0 Å². The summed E-state index contributed by atoms with van der Waals surface area (Å²) in [6, 6.07) is 29.2. The van der Waals surface area contributed by atoms with Gasteiger partial charge in [0.05, 0.1) is 0 Å². The highest BCUT2D eigenvalue weighted by molar-refractivity contribution is 8.33. The molecule has 0 N–H and O–H groups in total. The van der Waals surface area contributed by atoms with Crippen LogP contribution in [0.25, 0.3) is 0 Å². The average Bonchev–Trinajstić information content (AvgIpc) is 2.62. The number of benzene rings is 3. The van der Waals surface area contributed by atoms with E-state index < -0.39 is 10.0 Å². The summed E-state index contributed by atoms with van der Waals surface area (Å²) >= 11 is 0. The van der Waals surface area contributed by atoms with Crippen molar-refractivity contribution in [2.24, 2.45) is 0 Å². The topological polar surface area (TPSA) is 17.1 Å². The second kappa shape index (κ2) is 6.20. The van der Waals surface area contributed by atoms with E-state index >= 15 is 0 Å². The molecule has 0 spiro atoms. The van der Waals surface area contributed by atoms with Crippen LogP contribution in [0.2, 0.25) is 0 Å². The Morgan fingerprint density at radius 1 is 0.636 bits per heavy atom. The van der Waals surface area contributed by atoms with E-state index in [4.69, 9.17) is 0 Å². The third kappa shape index (κ3) is 2.58. The van der Waals surface area contributed by atoms with Crippen molar-refractivity contribution >= 4 is 16.3 Å². The molecule has 3 rings (SSSR count). The maximum Gasteiger partial charge on any atom is 0.150 e. The van der Waals surface area contributed by atoms with Gasteiger partial charge in [-0.3, -0.25) is 4.79 Å². The van der Waals surface area contributed by atoms with E-state index in [1.165, 1.54) is 14.7 Å². The Balaban J connectivity index is 2.20. The molecule has 0 radical (unpaired) electrons. The van der Waals surface area contributed by atoms with Gasteiger partial charge in [-0.1, -0.05) is 48.5 Å². The molecule has 0 atom stereocenters. The first-order valence-corrected chi connectivity index (χ1v) is 9.23. The highest BCUT2D eigenvalue weighted by Crippen LogP contribution is 2.65. The van der Waals surface area contributed by atoms with E-state index in [0.29, 0.717) is 5.56 Å². The van der Waals surface area contributed by atoms with Crippen molar-refractivity contribution in [2.75, 3.05) is 6.26 Å². The van der Waals surface area contributed by atoms with Crippen LogP contribution in [-0.4, -0.2) is 12.5 Å². The summed E-state index contributed by atoms with van der Waals surface area (Å²) in [6.07, 6.45) is 3.20. The monoisotopic (exact) mass is 306 g/mol. The van der Waals surface area contributed by atoms with Crippen molar-refractivity contribution in [3.63, 3.8) is 0 Å². The van der Waals surface area contributed by atoms with E-state index in [1.54, 1.807) is 0 Å². The minimum absolute atomic E-state index is 0.714. The van der Waals surface area contributed by atoms with Crippen LogP contribution in [0.15, 0.2) is 99.6 Å². The van der Waals surface area contributed by atoms with Crippen molar-refractivity contribution in [2.45, 2.75) is 14.7 Å². The highest BCUT2D eigenvalue weighted by Gasteiger charge is 2.25. The summed E-state index contributed by atoms with van der Waals surface area (Å²) in [4.78, 5) is 14.8. The molecule has 0 fully saturated rings. The van der Waals surface area contributed by atoms with Gasteiger partial charge in [-0.15, -0.1) is 0 Å². The van der Waals surface area contributed by atoms with E-state index in [1.807, 2.05) is 24.3 Å². The van der Waals surface area contributed by atoms with Crippen LogP contribution >= 0.6 is 10.0 Å². The first kappa shape index (κ1) is 14.6. The van der Waals surface area contributed by atoms with E-state index in [9.17, 15) is 4.79 Å². The summed E-state index contributed by atoms with van der Waals surface area (Å²) in [7, 11) is -1.32. The fourth-order valence-electron chi connectivity index (χ4n) is 2.61. The number of aldehydes is 1. The molecular formula is C20H18OS. The van der Waals surface area contributed by atoms with E-state index in [0.717, 1.165) is 6.29 Å².